The van der Waals surface area contributed by atoms with Crippen LogP contribution in [0.25, 0.3) is 0 Å². The molecule has 3 heterocycles. The summed E-state index contributed by atoms with van der Waals surface area (Å²) in [6, 6.07) is 9.32. The Morgan fingerprint density at radius 3 is 2.71 bits per heavy atom. The van der Waals surface area contributed by atoms with E-state index in [9.17, 15) is 9.18 Å². The third-order valence-electron chi connectivity index (χ3n) is 4.43. The summed E-state index contributed by atoms with van der Waals surface area (Å²) in [5.74, 6) is -0.554. The van der Waals surface area contributed by atoms with Crippen molar-refractivity contribution in [1.29, 1.82) is 0 Å². The number of thiazole rings is 1. The molecule has 6 nitrogen and oxygen atoms in total. The van der Waals surface area contributed by atoms with Gasteiger partial charge in [0, 0.05) is 36.6 Å². The first-order chi connectivity index (χ1) is 13.7. The predicted molar refractivity (Wildman–Crippen MR) is 106 cm³/mol. The number of carbonyl (C=O) groups excluding carboxylic acids is 1. The zero-order valence-electron chi connectivity index (χ0n) is 15.1. The molecule has 0 bridgehead atoms. The van der Waals surface area contributed by atoms with Gasteiger partial charge in [0.2, 0.25) is 0 Å². The number of anilines is 2. The van der Waals surface area contributed by atoms with E-state index in [0.717, 1.165) is 23.9 Å². The van der Waals surface area contributed by atoms with Crippen molar-refractivity contribution in [2.24, 2.45) is 0 Å². The normalized spacial score (nSPS) is 14.1. The van der Waals surface area contributed by atoms with Gasteiger partial charge in [0.25, 0.3) is 5.91 Å². The molecule has 1 aliphatic rings. The van der Waals surface area contributed by atoms with Gasteiger partial charge in [0.15, 0.2) is 5.13 Å². The van der Waals surface area contributed by atoms with Crippen molar-refractivity contribution in [3.05, 3.63) is 71.2 Å². The summed E-state index contributed by atoms with van der Waals surface area (Å²) in [7, 11) is 0. The largest absolute Gasteiger partial charge is 0.378 e. The van der Waals surface area contributed by atoms with E-state index < -0.39 is 0 Å². The lowest BCUT2D eigenvalue weighted by Gasteiger charge is -2.26. The second-order valence-corrected chi connectivity index (χ2v) is 7.17. The minimum Gasteiger partial charge on any atom is -0.378 e. The Kier molecular flexibility index (Phi) is 5.59. The van der Waals surface area contributed by atoms with Gasteiger partial charge in [-0.2, -0.15) is 0 Å². The monoisotopic (exact) mass is 398 g/mol. The lowest BCUT2D eigenvalue weighted by atomic mass is 10.2. The molecule has 8 heteroatoms. The maximum atomic E-state index is 13.4. The third-order valence-corrected chi connectivity index (χ3v) is 5.38. The van der Waals surface area contributed by atoms with Crippen molar-refractivity contribution in [3.63, 3.8) is 0 Å². The highest BCUT2D eigenvalue weighted by atomic mass is 32.1. The molecule has 28 heavy (non-hydrogen) atoms. The van der Waals surface area contributed by atoms with Gasteiger partial charge in [-0.15, -0.1) is 11.3 Å². The molecule has 144 valence electrons. The van der Waals surface area contributed by atoms with Crippen LogP contribution in [0.2, 0.25) is 0 Å². The van der Waals surface area contributed by atoms with Gasteiger partial charge in [-0.1, -0.05) is 0 Å². The summed E-state index contributed by atoms with van der Waals surface area (Å²) in [4.78, 5) is 25.6. The van der Waals surface area contributed by atoms with Crippen LogP contribution in [-0.2, 0) is 11.3 Å². The lowest BCUT2D eigenvalue weighted by molar-refractivity contribution is 0.0984. The van der Waals surface area contributed by atoms with Crippen molar-refractivity contribution in [2.75, 3.05) is 36.1 Å². The molecule has 1 saturated heterocycles. The molecule has 4 rings (SSSR count). The molecular formula is C20H19FN4O2S. The number of aromatic nitrogens is 2. The molecule has 0 radical (unpaired) electrons. The van der Waals surface area contributed by atoms with E-state index in [-0.39, 0.29) is 11.7 Å². The minimum atomic E-state index is -0.346. The molecule has 0 aliphatic carbocycles. The second kappa shape index (κ2) is 8.45. The molecule has 1 fully saturated rings. The summed E-state index contributed by atoms with van der Waals surface area (Å²) < 4.78 is 18.8. The summed E-state index contributed by atoms with van der Waals surface area (Å²) in [5, 5.41) is 2.88. The second-order valence-electron chi connectivity index (χ2n) is 6.33. The van der Waals surface area contributed by atoms with Crippen LogP contribution in [0.1, 0.15) is 16.1 Å². The van der Waals surface area contributed by atoms with Crippen LogP contribution in [0.3, 0.4) is 0 Å². The van der Waals surface area contributed by atoms with Crippen molar-refractivity contribution >= 4 is 28.1 Å². The van der Waals surface area contributed by atoms with Crippen LogP contribution in [0.15, 0.2) is 54.2 Å². The zero-order chi connectivity index (χ0) is 19.3. The van der Waals surface area contributed by atoms with Crippen LogP contribution in [0.5, 0.6) is 0 Å². The Hall–Kier alpha value is -2.84. The van der Waals surface area contributed by atoms with Crippen molar-refractivity contribution < 1.29 is 13.9 Å². The number of ether oxygens (including phenoxy) is 1. The maximum Gasteiger partial charge on any atom is 0.260 e. The molecule has 0 spiro atoms. The van der Waals surface area contributed by atoms with Crippen molar-refractivity contribution in [1.82, 2.24) is 9.97 Å². The fraction of sp³-hybridized carbons (Fsp3) is 0.250. The predicted octanol–water partition coefficient (Wildman–Crippen LogP) is 3.36. The molecule has 1 aliphatic heterocycles. The van der Waals surface area contributed by atoms with E-state index in [4.69, 9.17) is 9.72 Å². The van der Waals surface area contributed by atoms with Crippen molar-refractivity contribution in [3.8, 4) is 0 Å². The molecule has 0 saturated carbocycles. The van der Waals surface area contributed by atoms with Crippen LogP contribution in [0, 0.1) is 5.82 Å². The first-order valence-electron chi connectivity index (χ1n) is 8.95. The highest BCUT2D eigenvalue weighted by molar-refractivity contribution is 7.13. The van der Waals surface area contributed by atoms with Gasteiger partial charge in [-0.3, -0.25) is 9.78 Å². The SMILES string of the molecule is O=C(c1cccnc1)N(Cc1csc(N2CCOCC2)n1)c1ccc(F)cc1. The molecule has 2 aromatic heterocycles. The molecular weight excluding hydrogens is 379 g/mol. The van der Waals surface area contributed by atoms with E-state index >= 15 is 0 Å². The number of hydrogen-bond acceptors (Lipinski definition) is 6. The van der Waals surface area contributed by atoms with E-state index in [1.165, 1.54) is 18.3 Å². The van der Waals surface area contributed by atoms with Crippen LogP contribution in [-0.4, -0.2) is 42.2 Å². The lowest BCUT2D eigenvalue weighted by Crippen LogP contribution is -2.36. The highest BCUT2D eigenvalue weighted by Gasteiger charge is 2.21. The Labute approximate surface area is 166 Å². The summed E-state index contributed by atoms with van der Waals surface area (Å²) >= 11 is 1.55. The van der Waals surface area contributed by atoms with Crippen LogP contribution >= 0.6 is 11.3 Å². The quantitative estimate of drug-likeness (QED) is 0.660. The van der Waals surface area contributed by atoms with Gasteiger partial charge in [0.05, 0.1) is 31.0 Å². The van der Waals surface area contributed by atoms with Gasteiger partial charge in [0.1, 0.15) is 5.82 Å². The van der Waals surface area contributed by atoms with E-state index in [0.29, 0.717) is 31.0 Å². The fourth-order valence-electron chi connectivity index (χ4n) is 2.98. The number of halogens is 1. The molecule has 3 aromatic rings. The van der Waals surface area contributed by atoms with E-state index in [1.54, 1.807) is 46.7 Å². The van der Waals surface area contributed by atoms with Crippen molar-refractivity contribution in [2.45, 2.75) is 6.54 Å². The van der Waals surface area contributed by atoms with Gasteiger partial charge in [-0.25, -0.2) is 9.37 Å². The number of amides is 1. The third kappa shape index (κ3) is 4.18. The number of rotatable bonds is 5. The maximum absolute atomic E-state index is 13.4. The number of pyridine rings is 1. The molecule has 0 unspecified atom stereocenters. The van der Waals surface area contributed by atoms with Crippen LogP contribution in [0.4, 0.5) is 15.2 Å². The average Bonchev–Trinajstić information content (AvgIpc) is 3.22. The number of morpholine rings is 1. The Bertz CT molecular complexity index is 927. The smallest absolute Gasteiger partial charge is 0.260 e. The number of nitrogens with zero attached hydrogens (tertiary/aromatic N) is 4. The van der Waals surface area contributed by atoms with Gasteiger partial charge < -0.3 is 14.5 Å². The number of carbonyl (C=O) groups is 1. The fourth-order valence-corrected chi connectivity index (χ4v) is 3.85. The molecule has 1 aromatic carbocycles. The van der Waals surface area contributed by atoms with E-state index in [1.807, 2.05) is 5.38 Å². The molecule has 0 atom stereocenters. The van der Waals surface area contributed by atoms with Gasteiger partial charge >= 0.3 is 0 Å². The minimum absolute atomic E-state index is 0.208. The summed E-state index contributed by atoms with van der Waals surface area (Å²) in [5.41, 5.74) is 1.86. The molecule has 1 amide bonds. The van der Waals surface area contributed by atoms with E-state index in [2.05, 4.69) is 9.88 Å². The van der Waals surface area contributed by atoms with Crippen LogP contribution < -0.4 is 9.80 Å². The Balaban J connectivity index is 1.59. The number of hydrogen-bond donors (Lipinski definition) is 0. The Morgan fingerprint density at radius 2 is 2.00 bits per heavy atom. The van der Waals surface area contributed by atoms with Gasteiger partial charge in [-0.05, 0) is 36.4 Å². The zero-order valence-corrected chi connectivity index (χ0v) is 15.9. The standard InChI is InChI=1S/C20H19FN4O2S/c21-16-3-5-18(6-4-16)25(19(26)15-2-1-7-22-12-15)13-17-14-28-20(23-17)24-8-10-27-11-9-24/h1-7,12,14H,8-11,13H2. The summed E-state index contributed by atoms with van der Waals surface area (Å²) in [6.45, 7) is 3.29. The highest BCUT2D eigenvalue weighted by Crippen LogP contribution is 2.25. The molecule has 0 N–H and O–H groups in total. The Morgan fingerprint density at radius 1 is 1.21 bits per heavy atom. The first kappa shape index (κ1) is 18.5. The summed E-state index contributed by atoms with van der Waals surface area (Å²) in [6.07, 6.45) is 3.15. The topological polar surface area (TPSA) is 58.6 Å². The number of benzene rings is 1. The first-order valence-corrected chi connectivity index (χ1v) is 9.83. The average molecular weight is 398 g/mol.